The Hall–Kier alpha value is -0.0700. The van der Waals surface area contributed by atoms with Gasteiger partial charge >= 0.3 is 0 Å². The molecule has 3 atom stereocenters. The second kappa shape index (κ2) is 8.39. The van der Waals surface area contributed by atoms with Crippen molar-refractivity contribution in [2.75, 3.05) is 26.3 Å². The van der Waals surface area contributed by atoms with Gasteiger partial charge in [0.1, 0.15) is 6.10 Å². The lowest BCUT2D eigenvalue weighted by atomic mass is 9.90. The van der Waals surface area contributed by atoms with Crippen molar-refractivity contribution in [2.24, 2.45) is 0 Å². The highest BCUT2D eigenvalue weighted by atomic mass is 35.5. The smallest absolute Gasteiger partial charge is 0.104 e. The monoisotopic (exact) mass is 341 g/mol. The Balaban J connectivity index is 0.00000200. The molecular formula is C13H18Cl3NO3. The molecule has 0 saturated carbocycles. The summed E-state index contributed by atoms with van der Waals surface area (Å²) in [6.07, 6.45) is -1.38. The van der Waals surface area contributed by atoms with Crippen LogP contribution in [0.25, 0.3) is 0 Å². The van der Waals surface area contributed by atoms with Gasteiger partial charge in [-0.25, -0.2) is 0 Å². The van der Waals surface area contributed by atoms with Crippen molar-refractivity contribution in [1.29, 1.82) is 0 Å². The molecule has 3 N–H and O–H groups in total. The number of nitrogens with one attached hydrogen (secondary N) is 1. The van der Waals surface area contributed by atoms with Gasteiger partial charge in [0.2, 0.25) is 0 Å². The summed E-state index contributed by atoms with van der Waals surface area (Å²) >= 11 is 11.9. The van der Waals surface area contributed by atoms with Crippen LogP contribution >= 0.6 is 35.6 Å². The molecule has 0 amide bonds. The second-order valence-electron chi connectivity index (χ2n) is 4.57. The number of hydrogen-bond acceptors (Lipinski definition) is 4. The zero-order valence-electron chi connectivity index (χ0n) is 10.8. The first kappa shape index (κ1) is 18.0. The Morgan fingerprint density at radius 3 is 2.75 bits per heavy atom. The van der Waals surface area contributed by atoms with E-state index in [9.17, 15) is 5.11 Å². The van der Waals surface area contributed by atoms with E-state index in [1.165, 1.54) is 0 Å². The predicted molar refractivity (Wildman–Crippen MR) is 82.2 cm³/mol. The number of halogens is 3. The molecule has 1 aromatic carbocycles. The summed E-state index contributed by atoms with van der Waals surface area (Å²) in [6.45, 7) is 1.54. The van der Waals surface area contributed by atoms with E-state index < -0.39 is 12.2 Å². The van der Waals surface area contributed by atoms with E-state index in [1.54, 1.807) is 12.1 Å². The van der Waals surface area contributed by atoms with E-state index >= 15 is 0 Å². The zero-order valence-corrected chi connectivity index (χ0v) is 13.1. The van der Waals surface area contributed by atoms with Gasteiger partial charge in [-0.2, -0.15) is 0 Å². The molecule has 1 aliphatic heterocycles. The first-order chi connectivity index (χ1) is 9.13. The summed E-state index contributed by atoms with van der Waals surface area (Å²) in [5.74, 6) is -0.0839. The van der Waals surface area contributed by atoms with Crippen molar-refractivity contribution >= 4 is 35.6 Å². The normalized spacial score (nSPS) is 24.6. The fourth-order valence-electron chi connectivity index (χ4n) is 2.29. The molecule has 0 bridgehead atoms. The summed E-state index contributed by atoms with van der Waals surface area (Å²) in [7, 11) is 0. The van der Waals surface area contributed by atoms with E-state index in [4.69, 9.17) is 33.0 Å². The molecule has 1 saturated heterocycles. The zero-order chi connectivity index (χ0) is 13.8. The van der Waals surface area contributed by atoms with Crippen LogP contribution in [0.5, 0.6) is 0 Å². The molecule has 2 rings (SSSR count). The first-order valence-electron chi connectivity index (χ1n) is 6.19. The predicted octanol–water partition coefficient (Wildman–Crippen LogP) is 1.84. The largest absolute Gasteiger partial charge is 0.394 e. The molecule has 0 aromatic heterocycles. The van der Waals surface area contributed by atoms with Crippen LogP contribution in [-0.4, -0.2) is 48.7 Å². The Labute approximate surface area is 134 Å². The van der Waals surface area contributed by atoms with Crippen LogP contribution in [0.1, 0.15) is 11.5 Å². The molecule has 7 heteroatoms. The molecule has 0 aliphatic carbocycles. The summed E-state index contributed by atoms with van der Waals surface area (Å²) in [5.41, 5.74) is 0.932. The second-order valence-corrected chi connectivity index (χ2v) is 5.38. The summed E-state index contributed by atoms with van der Waals surface area (Å²) in [4.78, 5) is 0. The number of benzene rings is 1. The quantitative estimate of drug-likeness (QED) is 0.784. The van der Waals surface area contributed by atoms with Crippen LogP contribution in [0.4, 0.5) is 0 Å². The van der Waals surface area contributed by atoms with Crippen LogP contribution in [0.3, 0.4) is 0 Å². The van der Waals surface area contributed by atoms with Crippen molar-refractivity contribution < 1.29 is 14.9 Å². The van der Waals surface area contributed by atoms with E-state index in [2.05, 4.69) is 5.32 Å². The van der Waals surface area contributed by atoms with Gasteiger partial charge in [0.05, 0.1) is 29.4 Å². The van der Waals surface area contributed by atoms with Gasteiger partial charge in [-0.15, -0.1) is 12.4 Å². The lowest BCUT2D eigenvalue weighted by molar-refractivity contribution is -0.0609. The molecule has 1 heterocycles. The van der Waals surface area contributed by atoms with Crippen LogP contribution < -0.4 is 5.32 Å². The van der Waals surface area contributed by atoms with Gasteiger partial charge in [-0.1, -0.05) is 29.3 Å². The summed E-state index contributed by atoms with van der Waals surface area (Å²) < 4.78 is 5.64. The highest BCUT2D eigenvalue weighted by Crippen LogP contribution is 2.30. The van der Waals surface area contributed by atoms with Crippen molar-refractivity contribution in [3.8, 4) is 0 Å². The molecule has 1 aromatic rings. The topological polar surface area (TPSA) is 61.7 Å². The molecular weight excluding hydrogens is 325 g/mol. The fourth-order valence-corrected chi connectivity index (χ4v) is 2.60. The van der Waals surface area contributed by atoms with E-state index in [0.29, 0.717) is 29.7 Å². The maximum absolute atomic E-state index is 9.90. The Bertz CT molecular complexity index is 433. The molecule has 0 spiro atoms. The van der Waals surface area contributed by atoms with Gasteiger partial charge in [-0.05, 0) is 17.7 Å². The maximum atomic E-state index is 9.90. The standard InChI is InChI=1S/C13H17Cl2NO3.ClH/c14-10-2-1-8(5-11(10)15)9-6-16-3-4-19-13(9)12(18)7-17;/h1-2,5,9,12-13,16-18H,3-4,6-7H2;1H/t9-,12-,13+;/m0./s1. The summed E-state index contributed by atoms with van der Waals surface area (Å²) in [6, 6.07) is 5.38. The highest BCUT2D eigenvalue weighted by Gasteiger charge is 2.31. The summed E-state index contributed by atoms with van der Waals surface area (Å²) in [5, 5.41) is 23.3. The van der Waals surface area contributed by atoms with Crippen LogP contribution in [0.2, 0.25) is 10.0 Å². The third kappa shape index (κ3) is 4.21. The minimum atomic E-state index is -0.917. The number of hydrogen-bond donors (Lipinski definition) is 3. The lowest BCUT2D eigenvalue weighted by Gasteiger charge is -2.28. The van der Waals surface area contributed by atoms with Crippen molar-refractivity contribution in [2.45, 2.75) is 18.1 Å². The average Bonchev–Trinajstić information content (AvgIpc) is 2.66. The third-order valence-corrected chi connectivity index (χ3v) is 4.03. The number of ether oxygens (including phenoxy) is 1. The maximum Gasteiger partial charge on any atom is 0.104 e. The number of aliphatic hydroxyl groups is 2. The molecule has 0 radical (unpaired) electrons. The Morgan fingerprint density at radius 2 is 2.10 bits per heavy atom. The third-order valence-electron chi connectivity index (χ3n) is 3.29. The molecule has 1 aliphatic rings. The molecule has 0 unspecified atom stereocenters. The van der Waals surface area contributed by atoms with E-state index in [-0.39, 0.29) is 24.9 Å². The van der Waals surface area contributed by atoms with E-state index in [1.807, 2.05) is 6.07 Å². The SMILES string of the molecule is Cl.OC[C@H](O)[C@@H]1OCCNC[C@H]1c1ccc(Cl)c(Cl)c1. The molecule has 20 heavy (non-hydrogen) atoms. The van der Waals surface area contributed by atoms with Crippen LogP contribution in [-0.2, 0) is 4.74 Å². The highest BCUT2D eigenvalue weighted by molar-refractivity contribution is 6.42. The van der Waals surface area contributed by atoms with Gasteiger partial charge < -0.3 is 20.3 Å². The minimum absolute atomic E-state index is 0. The van der Waals surface area contributed by atoms with Crippen molar-refractivity contribution in [3.05, 3.63) is 33.8 Å². The Kier molecular flexibility index (Phi) is 7.54. The minimum Gasteiger partial charge on any atom is -0.394 e. The fraction of sp³-hybridized carbons (Fsp3) is 0.538. The molecule has 1 fully saturated rings. The van der Waals surface area contributed by atoms with Gasteiger partial charge in [0.15, 0.2) is 0 Å². The Morgan fingerprint density at radius 1 is 1.35 bits per heavy atom. The first-order valence-corrected chi connectivity index (χ1v) is 6.95. The number of aliphatic hydroxyl groups excluding tert-OH is 2. The molecule has 114 valence electrons. The lowest BCUT2D eigenvalue weighted by Crippen LogP contribution is -2.38. The molecule has 4 nitrogen and oxygen atoms in total. The number of rotatable bonds is 3. The van der Waals surface area contributed by atoms with E-state index in [0.717, 1.165) is 5.56 Å². The average molecular weight is 343 g/mol. The van der Waals surface area contributed by atoms with Gasteiger partial charge in [-0.3, -0.25) is 0 Å². The van der Waals surface area contributed by atoms with Crippen LogP contribution in [0.15, 0.2) is 18.2 Å². The van der Waals surface area contributed by atoms with Crippen molar-refractivity contribution in [3.63, 3.8) is 0 Å². The van der Waals surface area contributed by atoms with Gasteiger partial charge in [0.25, 0.3) is 0 Å². The van der Waals surface area contributed by atoms with Crippen molar-refractivity contribution in [1.82, 2.24) is 5.32 Å². The van der Waals surface area contributed by atoms with Crippen LogP contribution in [0, 0.1) is 0 Å². The van der Waals surface area contributed by atoms with Gasteiger partial charge in [0, 0.05) is 19.0 Å².